The van der Waals surface area contributed by atoms with Gasteiger partial charge in [0, 0.05) is 15.8 Å². The molecule has 0 spiro atoms. The lowest BCUT2D eigenvalue weighted by Gasteiger charge is -2.19. The number of amides is 1. The van der Waals surface area contributed by atoms with Crippen molar-refractivity contribution in [2.45, 2.75) is 33.2 Å². The van der Waals surface area contributed by atoms with E-state index in [9.17, 15) is 9.59 Å². The van der Waals surface area contributed by atoms with E-state index in [1.807, 2.05) is 32.9 Å². The zero-order valence-corrected chi connectivity index (χ0v) is 12.2. The van der Waals surface area contributed by atoms with Gasteiger partial charge in [-0.2, -0.15) is 0 Å². The lowest BCUT2D eigenvalue weighted by Crippen LogP contribution is -2.44. The molecule has 2 N–H and O–H groups in total. The maximum Gasteiger partial charge on any atom is 0.326 e. The zero-order chi connectivity index (χ0) is 14.4. The van der Waals surface area contributed by atoms with E-state index in [2.05, 4.69) is 5.32 Å². The van der Waals surface area contributed by atoms with Gasteiger partial charge in [-0.3, -0.25) is 4.79 Å². The molecular weight excluding hydrogens is 262 g/mol. The molecule has 1 amide bonds. The molecule has 104 valence electrons. The van der Waals surface area contributed by atoms with Crippen molar-refractivity contribution in [3.63, 3.8) is 0 Å². The molecule has 1 unspecified atom stereocenters. The summed E-state index contributed by atoms with van der Waals surface area (Å²) in [7, 11) is 0. The molecule has 0 aliphatic rings. The summed E-state index contributed by atoms with van der Waals surface area (Å²) in [5.74, 6) is -1.47. The fourth-order valence-electron chi connectivity index (χ4n) is 1.59. The molecule has 4 nitrogen and oxygen atoms in total. The molecule has 19 heavy (non-hydrogen) atoms. The smallest absolute Gasteiger partial charge is 0.326 e. The van der Waals surface area contributed by atoms with Crippen LogP contribution in [0.2, 0.25) is 0 Å². The Balaban J connectivity index is 2.62. The number of carboxylic acids is 1. The largest absolute Gasteiger partial charge is 0.480 e. The van der Waals surface area contributed by atoms with E-state index in [0.717, 1.165) is 4.88 Å². The summed E-state index contributed by atoms with van der Waals surface area (Å²) >= 11 is 1.58. The Bertz CT molecular complexity index is 479. The lowest BCUT2D eigenvalue weighted by atomic mass is 9.99. The molecular formula is C14H19NO3S. The number of carbonyl (C=O) groups is 2. The zero-order valence-electron chi connectivity index (χ0n) is 11.3. The predicted molar refractivity (Wildman–Crippen MR) is 77.1 cm³/mol. The van der Waals surface area contributed by atoms with E-state index in [-0.39, 0.29) is 11.8 Å². The summed E-state index contributed by atoms with van der Waals surface area (Å²) in [5, 5.41) is 11.6. The molecule has 1 heterocycles. The van der Waals surface area contributed by atoms with Crippen molar-refractivity contribution in [1.29, 1.82) is 0 Å². The molecule has 0 saturated heterocycles. The average molecular weight is 281 g/mol. The van der Waals surface area contributed by atoms with Crippen molar-refractivity contribution in [3.8, 4) is 0 Å². The number of hydrogen-bond acceptors (Lipinski definition) is 3. The van der Waals surface area contributed by atoms with Crippen LogP contribution in [-0.4, -0.2) is 23.0 Å². The Labute approximate surface area is 117 Å². The highest BCUT2D eigenvalue weighted by atomic mass is 32.1. The monoisotopic (exact) mass is 281 g/mol. The van der Waals surface area contributed by atoms with Crippen LogP contribution in [0.1, 0.15) is 30.0 Å². The summed E-state index contributed by atoms with van der Waals surface area (Å²) in [4.78, 5) is 24.9. The van der Waals surface area contributed by atoms with Gasteiger partial charge in [0.15, 0.2) is 0 Å². The lowest BCUT2D eigenvalue weighted by molar-refractivity contribution is -0.142. The summed E-state index contributed by atoms with van der Waals surface area (Å²) in [5.41, 5.74) is 0. The summed E-state index contributed by atoms with van der Waals surface area (Å²) in [6, 6.07) is 3.06. The van der Waals surface area contributed by atoms with Gasteiger partial charge in [0.1, 0.15) is 6.04 Å². The molecule has 0 aliphatic carbocycles. The number of hydrogen-bond donors (Lipinski definition) is 2. The number of aryl methyl sites for hydroxylation is 1. The molecule has 1 aromatic rings. The first kappa shape index (κ1) is 15.4. The van der Waals surface area contributed by atoms with Gasteiger partial charge in [0.2, 0.25) is 5.91 Å². The number of carboxylic acid groups (broad SMARTS) is 1. The molecule has 2 atom stereocenters. The standard InChI is InChI=1S/C14H19NO3S/c1-4-9(2)13(14(17)18)15-12(16)8-7-11-6-5-10(3)19-11/h5-9,13H,4H2,1-3H3,(H,15,16)(H,17,18)/t9?,13-/m0/s1. The van der Waals surface area contributed by atoms with E-state index >= 15 is 0 Å². The van der Waals surface area contributed by atoms with E-state index < -0.39 is 12.0 Å². The quantitative estimate of drug-likeness (QED) is 0.788. The van der Waals surface area contributed by atoms with Crippen molar-refractivity contribution in [2.24, 2.45) is 5.92 Å². The minimum absolute atomic E-state index is 0.0983. The highest BCUT2D eigenvalue weighted by molar-refractivity contribution is 7.12. The molecule has 0 aromatic carbocycles. The number of carbonyl (C=O) groups excluding carboxylic acids is 1. The molecule has 0 bridgehead atoms. The van der Waals surface area contributed by atoms with E-state index in [0.29, 0.717) is 6.42 Å². The molecule has 1 rings (SSSR count). The Morgan fingerprint density at radius 1 is 1.47 bits per heavy atom. The van der Waals surface area contributed by atoms with Crippen LogP contribution in [0, 0.1) is 12.8 Å². The Morgan fingerprint density at radius 3 is 2.63 bits per heavy atom. The van der Waals surface area contributed by atoms with Crippen molar-refractivity contribution < 1.29 is 14.7 Å². The Kier molecular flexibility index (Phi) is 5.76. The number of rotatable bonds is 6. The topological polar surface area (TPSA) is 66.4 Å². The molecule has 0 radical (unpaired) electrons. The fraction of sp³-hybridized carbons (Fsp3) is 0.429. The third-order valence-electron chi connectivity index (χ3n) is 2.94. The molecule has 0 saturated carbocycles. The van der Waals surface area contributed by atoms with Gasteiger partial charge in [-0.1, -0.05) is 20.3 Å². The number of aliphatic carboxylic acids is 1. The van der Waals surface area contributed by atoms with Crippen molar-refractivity contribution in [3.05, 3.63) is 28.0 Å². The van der Waals surface area contributed by atoms with Crippen molar-refractivity contribution in [2.75, 3.05) is 0 Å². The maximum absolute atomic E-state index is 11.7. The van der Waals surface area contributed by atoms with Crippen LogP contribution in [0.25, 0.3) is 6.08 Å². The highest BCUT2D eigenvalue weighted by Gasteiger charge is 2.24. The van der Waals surface area contributed by atoms with Crippen LogP contribution in [0.3, 0.4) is 0 Å². The highest BCUT2D eigenvalue weighted by Crippen LogP contribution is 2.16. The molecule has 0 fully saturated rings. The summed E-state index contributed by atoms with van der Waals surface area (Å²) in [6.45, 7) is 5.70. The van der Waals surface area contributed by atoms with E-state index in [4.69, 9.17) is 5.11 Å². The average Bonchev–Trinajstić information content (AvgIpc) is 2.78. The summed E-state index contributed by atoms with van der Waals surface area (Å²) in [6.07, 6.45) is 3.77. The number of nitrogens with one attached hydrogen (secondary N) is 1. The van der Waals surface area contributed by atoms with E-state index in [1.54, 1.807) is 17.4 Å². The van der Waals surface area contributed by atoms with Gasteiger partial charge in [-0.25, -0.2) is 4.79 Å². The third-order valence-corrected chi connectivity index (χ3v) is 3.90. The van der Waals surface area contributed by atoms with Gasteiger partial charge in [0.05, 0.1) is 0 Å². The first-order valence-corrected chi connectivity index (χ1v) is 7.03. The minimum Gasteiger partial charge on any atom is -0.480 e. The first-order valence-electron chi connectivity index (χ1n) is 6.21. The van der Waals surface area contributed by atoms with Crippen LogP contribution in [0.5, 0.6) is 0 Å². The van der Waals surface area contributed by atoms with Crippen LogP contribution >= 0.6 is 11.3 Å². The minimum atomic E-state index is -0.997. The van der Waals surface area contributed by atoms with Gasteiger partial charge in [-0.15, -0.1) is 11.3 Å². The second kappa shape index (κ2) is 7.09. The second-order valence-electron chi connectivity index (χ2n) is 4.49. The normalized spacial score (nSPS) is 14.3. The number of thiophene rings is 1. The van der Waals surface area contributed by atoms with Crippen molar-refractivity contribution >= 4 is 29.3 Å². The SMILES string of the molecule is CCC(C)[C@H](NC(=O)C=Cc1ccc(C)s1)C(=O)O. The van der Waals surface area contributed by atoms with Gasteiger partial charge >= 0.3 is 5.97 Å². The third kappa shape index (κ3) is 4.87. The predicted octanol–water partition coefficient (Wildman–Crippen LogP) is 2.69. The van der Waals surface area contributed by atoms with Gasteiger partial charge in [0.25, 0.3) is 0 Å². The summed E-state index contributed by atoms with van der Waals surface area (Å²) < 4.78 is 0. The fourth-order valence-corrected chi connectivity index (χ4v) is 2.37. The Hall–Kier alpha value is -1.62. The van der Waals surface area contributed by atoms with Crippen LogP contribution in [0.4, 0.5) is 0 Å². The van der Waals surface area contributed by atoms with Gasteiger partial charge in [-0.05, 0) is 31.1 Å². The molecule has 1 aromatic heterocycles. The van der Waals surface area contributed by atoms with Gasteiger partial charge < -0.3 is 10.4 Å². The second-order valence-corrected chi connectivity index (χ2v) is 5.81. The molecule has 5 heteroatoms. The first-order chi connectivity index (χ1) is 8.93. The van der Waals surface area contributed by atoms with E-state index in [1.165, 1.54) is 11.0 Å². The van der Waals surface area contributed by atoms with Crippen LogP contribution < -0.4 is 5.32 Å². The molecule has 0 aliphatic heterocycles. The van der Waals surface area contributed by atoms with Crippen LogP contribution in [-0.2, 0) is 9.59 Å². The van der Waals surface area contributed by atoms with Crippen LogP contribution in [0.15, 0.2) is 18.2 Å². The van der Waals surface area contributed by atoms with Crippen molar-refractivity contribution in [1.82, 2.24) is 5.32 Å². The maximum atomic E-state index is 11.7. The Morgan fingerprint density at radius 2 is 2.16 bits per heavy atom.